The van der Waals surface area contributed by atoms with Crippen LogP contribution in [0.15, 0.2) is 40.2 Å². The number of hydrogen-bond donors (Lipinski definition) is 1. The van der Waals surface area contributed by atoms with Gasteiger partial charge in [0.05, 0.1) is 0 Å². The Labute approximate surface area is 92.8 Å². The molecule has 0 saturated carbocycles. The summed E-state index contributed by atoms with van der Waals surface area (Å²) in [6.07, 6.45) is 3.63. The summed E-state index contributed by atoms with van der Waals surface area (Å²) in [6.45, 7) is 0.458. The van der Waals surface area contributed by atoms with E-state index in [1.807, 2.05) is 11.8 Å². The van der Waals surface area contributed by atoms with Gasteiger partial charge in [0.15, 0.2) is 6.73 Å². The molecular formula is C11H12N2OS. The molecule has 15 heavy (non-hydrogen) atoms. The van der Waals surface area contributed by atoms with Gasteiger partial charge >= 0.3 is 0 Å². The Morgan fingerprint density at radius 2 is 2.13 bits per heavy atom. The van der Waals surface area contributed by atoms with Gasteiger partial charge in [-0.3, -0.25) is 10.3 Å². The van der Waals surface area contributed by atoms with Crippen molar-refractivity contribution < 1.29 is 4.84 Å². The number of benzene rings is 3. The van der Waals surface area contributed by atoms with Crippen LogP contribution in [0.3, 0.4) is 0 Å². The highest BCUT2D eigenvalue weighted by atomic mass is 32.2. The molecule has 3 nitrogen and oxygen atoms in total. The molecule has 1 N–H and O–H groups in total. The Hall–Kier alpha value is -1.26. The van der Waals surface area contributed by atoms with Crippen molar-refractivity contribution in [3.8, 4) is 0 Å². The van der Waals surface area contributed by atoms with E-state index in [0.717, 1.165) is 0 Å². The SMILES string of the molecule is C1=NCON1.CSc1cc2ccc1cc2. The molecule has 1 heterocycles. The quantitative estimate of drug-likeness (QED) is 0.750. The molecule has 0 spiro atoms. The zero-order valence-corrected chi connectivity index (χ0v) is 9.25. The first-order valence-electron chi connectivity index (χ1n) is 4.62. The molecule has 0 aromatic heterocycles. The summed E-state index contributed by atoms with van der Waals surface area (Å²) in [6, 6.07) is 10.9. The number of fused-ring (bicyclic) bond motifs is 3. The molecule has 3 aromatic rings. The van der Waals surface area contributed by atoms with E-state index >= 15 is 0 Å². The summed E-state index contributed by atoms with van der Waals surface area (Å²) in [5.41, 5.74) is 2.43. The highest BCUT2D eigenvalue weighted by Gasteiger charge is 1.96. The molecule has 0 fully saturated rings. The van der Waals surface area contributed by atoms with Crippen molar-refractivity contribution in [3.63, 3.8) is 0 Å². The monoisotopic (exact) mass is 220 g/mol. The number of hydroxylamine groups is 1. The van der Waals surface area contributed by atoms with Crippen molar-refractivity contribution in [2.24, 2.45) is 4.99 Å². The van der Waals surface area contributed by atoms with Crippen LogP contribution in [0, 0.1) is 0 Å². The Morgan fingerprint density at radius 3 is 2.40 bits per heavy atom. The third-order valence-corrected chi connectivity index (χ3v) is 2.87. The molecule has 0 atom stereocenters. The smallest absolute Gasteiger partial charge is 0.166 e. The molecule has 4 heteroatoms. The molecule has 0 unspecified atom stereocenters. The van der Waals surface area contributed by atoms with Crippen LogP contribution in [0.1, 0.15) is 0 Å². The number of hydrogen-bond acceptors (Lipinski definition) is 4. The molecule has 0 aliphatic carbocycles. The number of rotatable bonds is 1. The largest absolute Gasteiger partial charge is 0.254 e. The predicted octanol–water partition coefficient (Wildman–Crippen LogP) is 2.51. The summed E-state index contributed by atoms with van der Waals surface area (Å²) in [7, 11) is 0. The van der Waals surface area contributed by atoms with E-state index in [9.17, 15) is 0 Å². The maximum atomic E-state index is 4.47. The molecule has 3 aromatic carbocycles. The highest BCUT2D eigenvalue weighted by Crippen LogP contribution is 2.25. The van der Waals surface area contributed by atoms with Crippen LogP contribution in [0.25, 0.3) is 10.8 Å². The first-order valence-corrected chi connectivity index (χ1v) is 5.84. The minimum absolute atomic E-state index is 0.458. The van der Waals surface area contributed by atoms with Crippen molar-refractivity contribution in [1.29, 1.82) is 0 Å². The normalized spacial score (nSPS) is 13.7. The highest BCUT2D eigenvalue weighted by molar-refractivity contribution is 7.98. The number of nitrogens with one attached hydrogen (secondary N) is 1. The lowest BCUT2D eigenvalue weighted by Gasteiger charge is -2.02. The van der Waals surface area contributed by atoms with Gasteiger partial charge in [0.1, 0.15) is 6.34 Å². The van der Waals surface area contributed by atoms with E-state index in [-0.39, 0.29) is 0 Å². The van der Waals surface area contributed by atoms with Gasteiger partial charge < -0.3 is 0 Å². The zero-order chi connectivity index (χ0) is 10.5. The van der Waals surface area contributed by atoms with Gasteiger partial charge in [0.2, 0.25) is 0 Å². The second-order valence-electron chi connectivity index (χ2n) is 3.04. The number of thioether (sulfide) groups is 1. The van der Waals surface area contributed by atoms with Crippen molar-refractivity contribution in [3.05, 3.63) is 30.3 Å². The molecule has 1 aliphatic heterocycles. The summed E-state index contributed by atoms with van der Waals surface area (Å²) in [5, 5.41) is 2.67. The van der Waals surface area contributed by atoms with Crippen LogP contribution in [0.2, 0.25) is 0 Å². The molecule has 78 valence electrons. The third kappa shape index (κ3) is 2.61. The van der Waals surface area contributed by atoms with Crippen LogP contribution < -0.4 is 5.48 Å². The topological polar surface area (TPSA) is 33.6 Å². The first kappa shape index (κ1) is 10.3. The summed E-state index contributed by atoms with van der Waals surface area (Å²) >= 11 is 1.81. The maximum Gasteiger partial charge on any atom is 0.166 e. The van der Waals surface area contributed by atoms with E-state index < -0.39 is 0 Å². The van der Waals surface area contributed by atoms with E-state index in [1.165, 1.54) is 22.0 Å². The lowest BCUT2D eigenvalue weighted by Crippen LogP contribution is -2.01. The van der Waals surface area contributed by atoms with Crippen LogP contribution in [0.5, 0.6) is 0 Å². The third-order valence-electron chi connectivity index (χ3n) is 2.08. The average molecular weight is 220 g/mol. The Kier molecular flexibility index (Phi) is 3.42. The van der Waals surface area contributed by atoms with E-state index in [2.05, 4.69) is 51.9 Å². The first-order chi connectivity index (χ1) is 7.40. The minimum atomic E-state index is 0.458. The molecule has 4 rings (SSSR count). The Bertz CT molecular complexity index is 418. The average Bonchev–Trinajstić information content (AvgIpc) is 2.89. The number of nitrogens with zero attached hydrogens (tertiary/aromatic N) is 1. The summed E-state index contributed by atoms with van der Waals surface area (Å²) in [5.74, 6) is 0. The van der Waals surface area contributed by atoms with E-state index in [0.29, 0.717) is 6.73 Å². The summed E-state index contributed by atoms with van der Waals surface area (Å²) < 4.78 is 0. The van der Waals surface area contributed by atoms with E-state index in [1.54, 1.807) is 0 Å². The molecular weight excluding hydrogens is 208 g/mol. The molecule has 1 aliphatic rings. The van der Waals surface area contributed by atoms with Crippen LogP contribution in [-0.4, -0.2) is 19.3 Å². The fourth-order valence-corrected chi connectivity index (χ4v) is 1.97. The second-order valence-corrected chi connectivity index (χ2v) is 3.89. The fraction of sp³-hybridized carbons (Fsp3) is 0.182. The zero-order valence-electron chi connectivity index (χ0n) is 8.43. The van der Waals surface area contributed by atoms with Gasteiger partial charge in [-0.05, 0) is 23.1 Å². The van der Waals surface area contributed by atoms with Crippen molar-refractivity contribution in [2.75, 3.05) is 13.0 Å². The second kappa shape index (κ2) is 5.00. The Balaban J connectivity index is 0.000000144. The molecule has 0 saturated heterocycles. The van der Waals surface area contributed by atoms with Gasteiger partial charge in [-0.25, -0.2) is 4.99 Å². The van der Waals surface area contributed by atoms with Gasteiger partial charge in [-0.15, -0.1) is 11.8 Å². The van der Waals surface area contributed by atoms with Crippen molar-refractivity contribution in [2.45, 2.75) is 4.90 Å². The summed E-state index contributed by atoms with van der Waals surface area (Å²) in [4.78, 5) is 9.49. The predicted molar refractivity (Wildman–Crippen MR) is 64.5 cm³/mol. The fourth-order valence-electron chi connectivity index (χ4n) is 1.34. The maximum absolute atomic E-state index is 4.47. The van der Waals surface area contributed by atoms with Gasteiger partial charge in [-0.2, -0.15) is 0 Å². The molecule has 0 radical (unpaired) electrons. The van der Waals surface area contributed by atoms with Gasteiger partial charge in [0, 0.05) is 4.90 Å². The Morgan fingerprint density at radius 1 is 1.33 bits per heavy atom. The van der Waals surface area contributed by atoms with Crippen LogP contribution in [0.4, 0.5) is 0 Å². The van der Waals surface area contributed by atoms with Crippen molar-refractivity contribution >= 4 is 28.9 Å². The van der Waals surface area contributed by atoms with E-state index in [4.69, 9.17) is 0 Å². The van der Waals surface area contributed by atoms with Crippen LogP contribution in [-0.2, 0) is 4.84 Å². The van der Waals surface area contributed by atoms with Crippen molar-refractivity contribution in [1.82, 2.24) is 5.48 Å². The number of aliphatic imine (C=N–C) groups is 1. The standard InChI is InChI=1S/C9H8S.C2H4N2O/c1-10-9-6-7-2-4-8(9)5-3-7;1-3-2-5-4-1/h2-6H,1H3;1H,2H2,(H,3,4). The minimum Gasteiger partial charge on any atom is -0.254 e. The van der Waals surface area contributed by atoms with Gasteiger partial charge in [0.25, 0.3) is 0 Å². The molecule has 0 amide bonds. The lowest BCUT2D eigenvalue weighted by molar-refractivity contribution is 0.117. The lowest BCUT2D eigenvalue weighted by atomic mass is 10.1. The van der Waals surface area contributed by atoms with Gasteiger partial charge in [-0.1, -0.05) is 24.3 Å². The molecule has 2 bridgehead atoms. The van der Waals surface area contributed by atoms with Crippen LogP contribution >= 0.6 is 11.8 Å².